The molecule has 0 aliphatic carbocycles. The molecular weight excluding hydrogens is 320 g/mol. The fraction of sp³-hybridized carbons (Fsp3) is 0.435. The first kappa shape index (κ1) is 18.7. The maximum absolute atomic E-state index is 12.3. The third-order valence-electron chi connectivity index (χ3n) is 5.44. The normalized spacial score (nSPS) is 15.3. The SMILES string of the molecule is CCC(CNC(=O)CCc1ccc(C)cc1)N1CCc2ccccc2C1. The number of benzene rings is 2. The lowest BCUT2D eigenvalue weighted by Gasteiger charge is -2.35. The van der Waals surface area contributed by atoms with Crippen LogP contribution >= 0.6 is 0 Å². The van der Waals surface area contributed by atoms with Gasteiger partial charge in [-0.2, -0.15) is 0 Å². The fourth-order valence-electron chi connectivity index (χ4n) is 3.69. The molecule has 1 heterocycles. The van der Waals surface area contributed by atoms with Crippen LogP contribution in [0.2, 0.25) is 0 Å². The van der Waals surface area contributed by atoms with E-state index in [1.165, 1.54) is 22.3 Å². The molecule has 1 atom stereocenters. The van der Waals surface area contributed by atoms with Crippen LogP contribution in [0.4, 0.5) is 0 Å². The molecule has 1 N–H and O–H groups in total. The number of nitrogens with zero attached hydrogens (tertiary/aromatic N) is 1. The molecule has 26 heavy (non-hydrogen) atoms. The molecule has 1 aliphatic rings. The topological polar surface area (TPSA) is 32.3 Å². The maximum atomic E-state index is 12.3. The highest BCUT2D eigenvalue weighted by Crippen LogP contribution is 2.21. The largest absolute Gasteiger partial charge is 0.355 e. The molecule has 1 unspecified atom stereocenters. The summed E-state index contributed by atoms with van der Waals surface area (Å²) in [5.74, 6) is 0.154. The highest BCUT2D eigenvalue weighted by atomic mass is 16.1. The van der Waals surface area contributed by atoms with Crippen molar-refractivity contribution in [1.29, 1.82) is 0 Å². The molecule has 0 bridgehead atoms. The van der Waals surface area contributed by atoms with Crippen LogP contribution < -0.4 is 5.32 Å². The van der Waals surface area contributed by atoms with Gasteiger partial charge in [0.05, 0.1) is 0 Å². The lowest BCUT2D eigenvalue weighted by molar-refractivity contribution is -0.121. The average molecular weight is 351 g/mol. The second-order valence-corrected chi connectivity index (χ2v) is 7.34. The smallest absolute Gasteiger partial charge is 0.220 e. The van der Waals surface area contributed by atoms with Gasteiger partial charge in [-0.3, -0.25) is 9.69 Å². The quantitative estimate of drug-likeness (QED) is 0.822. The predicted molar refractivity (Wildman–Crippen MR) is 107 cm³/mol. The summed E-state index contributed by atoms with van der Waals surface area (Å²) in [6.07, 6.45) is 3.52. The Hall–Kier alpha value is -2.13. The van der Waals surface area contributed by atoms with E-state index in [0.717, 1.165) is 38.9 Å². The molecule has 0 saturated carbocycles. The summed E-state index contributed by atoms with van der Waals surface area (Å²) >= 11 is 0. The van der Waals surface area contributed by atoms with Crippen LogP contribution in [0, 0.1) is 6.92 Å². The highest BCUT2D eigenvalue weighted by molar-refractivity contribution is 5.76. The number of hydrogen-bond donors (Lipinski definition) is 1. The zero-order chi connectivity index (χ0) is 18.4. The van der Waals surface area contributed by atoms with Gasteiger partial charge < -0.3 is 5.32 Å². The van der Waals surface area contributed by atoms with Crippen molar-refractivity contribution in [2.24, 2.45) is 0 Å². The molecule has 3 rings (SSSR count). The minimum atomic E-state index is 0.154. The summed E-state index contributed by atoms with van der Waals surface area (Å²) in [4.78, 5) is 14.8. The zero-order valence-corrected chi connectivity index (χ0v) is 16.0. The molecule has 0 fully saturated rings. The Morgan fingerprint density at radius 1 is 1.12 bits per heavy atom. The standard InChI is InChI=1S/C23H30N2O/c1-3-22(25-15-14-20-6-4-5-7-21(20)17-25)16-24-23(26)13-12-19-10-8-18(2)9-11-19/h4-11,22H,3,12-17H2,1-2H3,(H,24,26). The van der Waals surface area contributed by atoms with E-state index in [0.29, 0.717) is 12.5 Å². The van der Waals surface area contributed by atoms with Crippen LogP contribution in [0.1, 0.15) is 42.0 Å². The van der Waals surface area contributed by atoms with Gasteiger partial charge in [0.2, 0.25) is 5.91 Å². The monoisotopic (exact) mass is 350 g/mol. The third kappa shape index (κ3) is 4.95. The van der Waals surface area contributed by atoms with Crippen molar-refractivity contribution in [2.45, 2.75) is 52.1 Å². The van der Waals surface area contributed by atoms with Crippen LogP contribution in [0.3, 0.4) is 0 Å². The molecule has 0 aromatic heterocycles. The van der Waals surface area contributed by atoms with Gasteiger partial charge in [-0.05, 0) is 42.9 Å². The Morgan fingerprint density at radius 3 is 2.58 bits per heavy atom. The van der Waals surface area contributed by atoms with Crippen molar-refractivity contribution in [2.75, 3.05) is 13.1 Å². The maximum Gasteiger partial charge on any atom is 0.220 e. The number of fused-ring (bicyclic) bond motifs is 1. The second-order valence-electron chi connectivity index (χ2n) is 7.34. The first-order valence-electron chi connectivity index (χ1n) is 9.78. The second kappa shape index (κ2) is 9.00. The molecular formula is C23H30N2O. The van der Waals surface area contributed by atoms with E-state index in [2.05, 4.69) is 72.6 Å². The van der Waals surface area contributed by atoms with Crippen molar-refractivity contribution in [3.05, 3.63) is 70.8 Å². The van der Waals surface area contributed by atoms with E-state index in [9.17, 15) is 4.79 Å². The summed E-state index contributed by atoms with van der Waals surface area (Å²) in [5.41, 5.74) is 5.39. The first-order valence-corrected chi connectivity index (χ1v) is 9.78. The van der Waals surface area contributed by atoms with Gasteiger partial charge in [0, 0.05) is 32.1 Å². The van der Waals surface area contributed by atoms with E-state index >= 15 is 0 Å². The van der Waals surface area contributed by atoms with Crippen LogP contribution in [-0.2, 0) is 24.2 Å². The summed E-state index contributed by atoms with van der Waals surface area (Å²) in [6, 6.07) is 17.6. The molecule has 2 aromatic carbocycles. The van der Waals surface area contributed by atoms with E-state index in [1.807, 2.05) is 0 Å². The molecule has 1 amide bonds. The van der Waals surface area contributed by atoms with Gasteiger partial charge in [0.25, 0.3) is 0 Å². The van der Waals surface area contributed by atoms with Crippen LogP contribution in [0.5, 0.6) is 0 Å². The van der Waals surface area contributed by atoms with Gasteiger partial charge in [-0.15, -0.1) is 0 Å². The zero-order valence-electron chi connectivity index (χ0n) is 16.0. The van der Waals surface area contributed by atoms with E-state index < -0.39 is 0 Å². The number of nitrogens with one attached hydrogen (secondary N) is 1. The molecule has 3 nitrogen and oxygen atoms in total. The highest BCUT2D eigenvalue weighted by Gasteiger charge is 2.22. The van der Waals surface area contributed by atoms with E-state index in [-0.39, 0.29) is 5.91 Å². The van der Waals surface area contributed by atoms with Crippen molar-refractivity contribution < 1.29 is 4.79 Å². The number of rotatable bonds is 7. The number of amides is 1. The minimum absolute atomic E-state index is 0.154. The van der Waals surface area contributed by atoms with Gasteiger partial charge >= 0.3 is 0 Å². The molecule has 0 spiro atoms. The van der Waals surface area contributed by atoms with Gasteiger partial charge in [0.15, 0.2) is 0 Å². The number of hydrogen-bond acceptors (Lipinski definition) is 2. The van der Waals surface area contributed by atoms with Crippen LogP contribution in [-0.4, -0.2) is 29.9 Å². The van der Waals surface area contributed by atoms with Crippen molar-refractivity contribution in [3.8, 4) is 0 Å². The summed E-state index contributed by atoms with van der Waals surface area (Å²) in [5, 5.41) is 3.16. The molecule has 0 radical (unpaired) electrons. The van der Waals surface area contributed by atoms with Gasteiger partial charge in [0.1, 0.15) is 0 Å². The van der Waals surface area contributed by atoms with Gasteiger partial charge in [-0.1, -0.05) is 61.0 Å². The summed E-state index contributed by atoms with van der Waals surface area (Å²) < 4.78 is 0. The molecule has 1 aliphatic heterocycles. The summed E-state index contributed by atoms with van der Waals surface area (Å²) in [7, 11) is 0. The van der Waals surface area contributed by atoms with Crippen LogP contribution in [0.25, 0.3) is 0 Å². The molecule has 138 valence electrons. The predicted octanol–water partition coefficient (Wildman–Crippen LogP) is 3.88. The average Bonchev–Trinajstić information content (AvgIpc) is 2.68. The van der Waals surface area contributed by atoms with E-state index in [1.54, 1.807) is 0 Å². The molecule has 2 aromatic rings. The lowest BCUT2D eigenvalue weighted by Crippen LogP contribution is -2.45. The number of carbonyl (C=O) groups is 1. The third-order valence-corrected chi connectivity index (χ3v) is 5.44. The van der Waals surface area contributed by atoms with Crippen molar-refractivity contribution in [1.82, 2.24) is 10.2 Å². The van der Waals surface area contributed by atoms with Crippen molar-refractivity contribution >= 4 is 5.91 Å². The van der Waals surface area contributed by atoms with E-state index in [4.69, 9.17) is 0 Å². The van der Waals surface area contributed by atoms with Gasteiger partial charge in [-0.25, -0.2) is 0 Å². The molecule has 3 heteroatoms. The number of carbonyl (C=O) groups excluding carboxylic acids is 1. The van der Waals surface area contributed by atoms with Crippen molar-refractivity contribution in [3.63, 3.8) is 0 Å². The Kier molecular flexibility index (Phi) is 6.45. The Morgan fingerprint density at radius 2 is 1.85 bits per heavy atom. The molecule has 0 saturated heterocycles. The fourth-order valence-corrected chi connectivity index (χ4v) is 3.69. The first-order chi connectivity index (χ1) is 12.7. The minimum Gasteiger partial charge on any atom is -0.355 e. The Labute approximate surface area is 157 Å². The Bertz CT molecular complexity index is 723. The number of aryl methyl sites for hydroxylation is 2. The van der Waals surface area contributed by atoms with Crippen LogP contribution in [0.15, 0.2) is 48.5 Å². The Balaban J connectivity index is 1.46. The lowest BCUT2D eigenvalue weighted by atomic mass is 9.98. The summed E-state index contributed by atoms with van der Waals surface area (Å²) in [6.45, 7) is 7.11.